The van der Waals surface area contributed by atoms with Crippen molar-refractivity contribution in [3.8, 4) is 0 Å². The molecule has 1 unspecified atom stereocenters. The van der Waals surface area contributed by atoms with E-state index in [4.69, 9.17) is 16.3 Å². The Morgan fingerprint density at radius 1 is 1.60 bits per heavy atom. The van der Waals surface area contributed by atoms with Gasteiger partial charge in [-0.15, -0.1) is 0 Å². The van der Waals surface area contributed by atoms with Crippen LogP contribution in [0.25, 0.3) is 0 Å². The standard InChI is InChI=1S/C10H14ClN3O/c1-8-6-14(4-5-15-7-8)9-2-3-12-10(11)13-9/h2-3,8H,4-7H2,1H3. The van der Waals surface area contributed by atoms with Crippen LogP contribution in [-0.4, -0.2) is 36.3 Å². The predicted octanol–water partition coefficient (Wildman–Crippen LogP) is 1.60. The van der Waals surface area contributed by atoms with Gasteiger partial charge in [-0.05, 0) is 23.6 Å². The number of hydrogen-bond donors (Lipinski definition) is 0. The van der Waals surface area contributed by atoms with Crippen LogP contribution >= 0.6 is 11.6 Å². The summed E-state index contributed by atoms with van der Waals surface area (Å²) in [5.74, 6) is 1.40. The first-order valence-corrected chi connectivity index (χ1v) is 5.45. The summed E-state index contributed by atoms with van der Waals surface area (Å²) in [7, 11) is 0. The van der Waals surface area contributed by atoms with Crippen LogP contribution < -0.4 is 4.90 Å². The molecule has 15 heavy (non-hydrogen) atoms. The molecular formula is C10H14ClN3O. The molecule has 82 valence electrons. The minimum Gasteiger partial charge on any atom is -0.379 e. The second-order valence-electron chi connectivity index (χ2n) is 3.81. The van der Waals surface area contributed by atoms with Crippen LogP contribution in [0.2, 0.25) is 5.28 Å². The maximum Gasteiger partial charge on any atom is 0.224 e. The number of aromatic nitrogens is 2. The molecule has 1 saturated heterocycles. The molecule has 0 amide bonds. The van der Waals surface area contributed by atoms with E-state index in [-0.39, 0.29) is 0 Å². The monoisotopic (exact) mass is 227 g/mol. The van der Waals surface area contributed by atoms with E-state index in [0.717, 1.165) is 32.1 Å². The highest BCUT2D eigenvalue weighted by molar-refractivity contribution is 6.28. The third-order valence-corrected chi connectivity index (χ3v) is 2.56. The van der Waals surface area contributed by atoms with Gasteiger partial charge in [0.15, 0.2) is 0 Å². The lowest BCUT2D eigenvalue weighted by Crippen LogP contribution is -2.29. The van der Waals surface area contributed by atoms with Crippen molar-refractivity contribution in [1.29, 1.82) is 0 Å². The number of rotatable bonds is 1. The second kappa shape index (κ2) is 4.77. The van der Waals surface area contributed by atoms with Gasteiger partial charge in [0.25, 0.3) is 0 Å². The Labute approximate surface area is 94.2 Å². The van der Waals surface area contributed by atoms with Gasteiger partial charge < -0.3 is 9.64 Å². The van der Waals surface area contributed by atoms with Crippen LogP contribution in [0.4, 0.5) is 5.82 Å². The summed E-state index contributed by atoms with van der Waals surface area (Å²) >= 11 is 5.76. The first kappa shape index (κ1) is 10.6. The zero-order valence-electron chi connectivity index (χ0n) is 8.69. The lowest BCUT2D eigenvalue weighted by Gasteiger charge is -2.22. The summed E-state index contributed by atoms with van der Waals surface area (Å²) in [5.41, 5.74) is 0. The number of ether oxygens (including phenoxy) is 1. The Hall–Kier alpha value is -0.870. The van der Waals surface area contributed by atoms with Gasteiger partial charge in [-0.1, -0.05) is 6.92 Å². The molecule has 0 bridgehead atoms. The van der Waals surface area contributed by atoms with Gasteiger partial charge in [0.05, 0.1) is 13.2 Å². The molecule has 1 aliphatic rings. The van der Waals surface area contributed by atoms with Crippen LogP contribution in [0, 0.1) is 5.92 Å². The highest BCUT2D eigenvalue weighted by atomic mass is 35.5. The van der Waals surface area contributed by atoms with Crippen molar-refractivity contribution in [3.63, 3.8) is 0 Å². The van der Waals surface area contributed by atoms with Gasteiger partial charge in [-0.3, -0.25) is 0 Å². The van der Waals surface area contributed by atoms with Crippen molar-refractivity contribution in [2.75, 3.05) is 31.2 Å². The highest BCUT2D eigenvalue weighted by Gasteiger charge is 2.16. The molecule has 1 atom stereocenters. The van der Waals surface area contributed by atoms with Gasteiger partial charge in [-0.2, -0.15) is 0 Å². The molecule has 0 saturated carbocycles. The summed E-state index contributed by atoms with van der Waals surface area (Å²) in [4.78, 5) is 10.3. The fourth-order valence-electron chi connectivity index (χ4n) is 1.69. The SMILES string of the molecule is CC1COCCN(c2ccnc(Cl)n2)C1. The number of anilines is 1. The fraction of sp³-hybridized carbons (Fsp3) is 0.600. The Morgan fingerprint density at radius 3 is 3.27 bits per heavy atom. The molecule has 1 aromatic heterocycles. The summed E-state index contributed by atoms with van der Waals surface area (Å²) < 4.78 is 5.47. The molecular weight excluding hydrogens is 214 g/mol. The molecule has 0 spiro atoms. The van der Waals surface area contributed by atoms with Gasteiger partial charge in [0, 0.05) is 19.3 Å². The second-order valence-corrected chi connectivity index (χ2v) is 4.15. The highest BCUT2D eigenvalue weighted by Crippen LogP contribution is 2.16. The Kier molecular flexibility index (Phi) is 3.38. The topological polar surface area (TPSA) is 38.2 Å². The number of hydrogen-bond acceptors (Lipinski definition) is 4. The summed E-state index contributed by atoms with van der Waals surface area (Å²) in [5, 5.41) is 0.297. The van der Waals surface area contributed by atoms with Crippen LogP contribution in [0.5, 0.6) is 0 Å². The summed E-state index contributed by atoms with van der Waals surface area (Å²) in [6.07, 6.45) is 1.68. The van der Waals surface area contributed by atoms with Crippen molar-refractivity contribution in [1.82, 2.24) is 9.97 Å². The van der Waals surface area contributed by atoms with E-state index < -0.39 is 0 Å². The minimum absolute atomic E-state index is 0.297. The smallest absolute Gasteiger partial charge is 0.224 e. The minimum atomic E-state index is 0.297. The van der Waals surface area contributed by atoms with Gasteiger partial charge >= 0.3 is 0 Å². The lowest BCUT2D eigenvalue weighted by atomic mass is 10.2. The molecule has 0 aromatic carbocycles. The molecule has 2 heterocycles. The number of halogens is 1. The van der Waals surface area contributed by atoms with E-state index in [9.17, 15) is 0 Å². The fourth-order valence-corrected chi connectivity index (χ4v) is 1.83. The van der Waals surface area contributed by atoms with Gasteiger partial charge in [-0.25, -0.2) is 9.97 Å². The van der Waals surface area contributed by atoms with E-state index in [1.165, 1.54) is 0 Å². The van der Waals surface area contributed by atoms with Crippen LogP contribution in [0.3, 0.4) is 0 Å². The molecule has 0 N–H and O–H groups in total. The van der Waals surface area contributed by atoms with E-state index in [2.05, 4.69) is 21.8 Å². The summed E-state index contributed by atoms with van der Waals surface area (Å²) in [6.45, 7) is 5.54. The number of nitrogens with zero attached hydrogens (tertiary/aromatic N) is 3. The quantitative estimate of drug-likeness (QED) is 0.684. The van der Waals surface area contributed by atoms with Crippen molar-refractivity contribution >= 4 is 17.4 Å². The molecule has 5 heteroatoms. The largest absolute Gasteiger partial charge is 0.379 e. The molecule has 4 nitrogen and oxygen atoms in total. The zero-order chi connectivity index (χ0) is 10.7. The van der Waals surface area contributed by atoms with Crippen molar-refractivity contribution in [2.45, 2.75) is 6.92 Å². The van der Waals surface area contributed by atoms with E-state index in [1.807, 2.05) is 6.07 Å². The predicted molar refractivity (Wildman–Crippen MR) is 59.2 cm³/mol. The molecule has 1 aromatic rings. The molecule has 0 aliphatic carbocycles. The van der Waals surface area contributed by atoms with Crippen molar-refractivity contribution < 1.29 is 4.74 Å². The average molecular weight is 228 g/mol. The Morgan fingerprint density at radius 2 is 2.47 bits per heavy atom. The normalized spacial score (nSPS) is 22.5. The van der Waals surface area contributed by atoms with E-state index >= 15 is 0 Å². The van der Waals surface area contributed by atoms with Crippen molar-refractivity contribution in [3.05, 3.63) is 17.5 Å². The maximum absolute atomic E-state index is 5.76. The third kappa shape index (κ3) is 2.79. The summed E-state index contributed by atoms with van der Waals surface area (Å²) in [6, 6.07) is 1.88. The molecule has 0 radical (unpaired) electrons. The van der Waals surface area contributed by atoms with Crippen LogP contribution in [0.1, 0.15) is 6.92 Å². The molecule has 2 rings (SSSR count). The van der Waals surface area contributed by atoms with E-state index in [0.29, 0.717) is 11.2 Å². The Balaban J connectivity index is 2.14. The van der Waals surface area contributed by atoms with E-state index in [1.54, 1.807) is 6.20 Å². The lowest BCUT2D eigenvalue weighted by molar-refractivity contribution is 0.129. The molecule has 1 fully saturated rings. The first-order valence-electron chi connectivity index (χ1n) is 5.07. The maximum atomic E-state index is 5.76. The van der Waals surface area contributed by atoms with Crippen LogP contribution in [-0.2, 0) is 4.74 Å². The average Bonchev–Trinajstić information content (AvgIpc) is 2.43. The van der Waals surface area contributed by atoms with Gasteiger partial charge in [0.2, 0.25) is 5.28 Å². The zero-order valence-corrected chi connectivity index (χ0v) is 9.44. The van der Waals surface area contributed by atoms with Gasteiger partial charge in [0.1, 0.15) is 5.82 Å². The first-order chi connectivity index (χ1) is 7.25. The van der Waals surface area contributed by atoms with Crippen molar-refractivity contribution in [2.24, 2.45) is 5.92 Å². The third-order valence-electron chi connectivity index (χ3n) is 2.38. The Bertz CT molecular complexity index is 334. The molecule has 1 aliphatic heterocycles. The van der Waals surface area contributed by atoms with Crippen LogP contribution in [0.15, 0.2) is 12.3 Å².